The summed E-state index contributed by atoms with van der Waals surface area (Å²) in [6, 6.07) is 6.23. The van der Waals surface area contributed by atoms with E-state index in [-0.39, 0.29) is 5.97 Å². The largest absolute Gasteiger partial charge is 0.493 e. The topological polar surface area (TPSA) is 35.5 Å². The molecule has 0 heterocycles. The third kappa shape index (κ3) is 5.42. The number of unbranched alkanes of at least 4 members (excludes halogenated alkanes) is 1. The molecule has 126 valence electrons. The van der Waals surface area contributed by atoms with Crippen molar-refractivity contribution in [3.63, 3.8) is 0 Å². The van der Waals surface area contributed by atoms with E-state index in [9.17, 15) is 4.79 Å². The molecule has 1 aromatic carbocycles. The van der Waals surface area contributed by atoms with Gasteiger partial charge in [0.15, 0.2) is 0 Å². The fourth-order valence-electron chi connectivity index (χ4n) is 3.04. The molecule has 3 heteroatoms. The summed E-state index contributed by atoms with van der Waals surface area (Å²) < 4.78 is 10.9. The maximum absolute atomic E-state index is 11.5. The summed E-state index contributed by atoms with van der Waals surface area (Å²) in [4.78, 5) is 11.5. The van der Waals surface area contributed by atoms with Gasteiger partial charge in [-0.05, 0) is 61.4 Å². The van der Waals surface area contributed by atoms with Crippen molar-refractivity contribution in [3.8, 4) is 5.75 Å². The summed E-state index contributed by atoms with van der Waals surface area (Å²) in [6.07, 6.45) is 10.6. The minimum atomic E-state index is -0.293. The molecule has 0 unspecified atom stereocenters. The number of benzene rings is 1. The Morgan fingerprint density at radius 3 is 2.74 bits per heavy atom. The second-order valence-electron chi connectivity index (χ2n) is 6.07. The van der Waals surface area contributed by atoms with E-state index in [1.165, 1.54) is 37.3 Å². The summed E-state index contributed by atoms with van der Waals surface area (Å²) in [5.41, 5.74) is 2.33. The van der Waals surface area contributed by atoms with Gasteiger partial charge in [0.1, 0.15) is 5.75 Å². The first-order valence-corrected chi connectivity index (χ1v) is 8.86. The van der Waals surface area contributed by atoms with Crippen LogP contribution in [0.3, 0.4) is 0 Å². The molecule has 0 spiro atoms. The Bertz CT molecular complexity index is 528. The summed E-state index contributed by atoms with van der Waals surface area (Å²) in [5, 5.41) is 0. The Morgan fingerprint density at radius 1 is 1.26 bits per heavy atom. The van der Waals surface area contributed by atoms with Gasteiger partial charge >= 0.3 is 5.97 Å². The van der Waals surface area contributed by atoms with Gasteiger partial charge in [0.25, 0.3) is 0 Å². The molecule has 2 rings (SSSR count). The number of hydrogen-bond donors (Lipinski definition) is 0. The number of carbonyl (C=O) groups excluding carboxylic acids is 1. The highest BCUT2D eigenvalue weighted by atomic mass is 16.5. The monoisotopic (exact) mass is 316 g/mol. The molecule has 1 aliphatic rings. The lowest BCUT2D eigenvalue weighted by atomic mass is 9.94. The van der Waals surface area contributed by atoms with E-state index in [0.717, 1.165) is 30.8 Å². The highest BCUT2D eigenvalue weighted by Crippen LogP contribution is 2.39. The van der Waals surface area contributed by atoms with Crippen molar-refractivity contribution >= 4 is 12.0 Å². The van der Waals surface area contributed by atoms with Crippen molar-refractivity contribution in [1.82, 2.24) is 0 Å². The van der Waals surface area contributed by atoms with Crippen LogP contribution >= 0.6 is 0 Å². The van der Waals surface area contributed by atoms with Crippen LogP contribution in [0.15, 0.2) is 24.3 Å². The minimum absolute atomic E-state index is 0.293. The average molecular weight is 316 g/mol. The maximum atomic E-state index is 11.5. The van der Waals surface area contributed by atoms with E-state index in [4.69, 9.17) is 9.47 Å². The second-order valence-corrected chi connectivity index (χ2v) is 6.07. The standard InChI is InChI=1S/C20H28O3/c1-3-5-14-23-19-12-10-16(11-13-20(21)22-4-2)15-18(19)17-8-6-7-9-17/h10-13,15,17H,3-9,14H2,1-2H3. The summed E-state index contributed by atoms with van der Waals surface area (Å²) in [6.45, 7) is 5.16. The zero-order chi connectivity index (χ0) is 16.5. The first kappa shape index (κ1) is 17.6. The lowest BCUT2D eigenvalue weighted by molar-refractivity contribution is -0.137. The van der Waals surface area contributed by atoms with Crippen LogP contribution in [0.25, 0.3) is 6.08 Å². The van der Waals surface area contributed by atoms with E-state index < -0.39 is 0 Å². The van der Waals surface area contributed by atoms with Crippen LogP contribution in [0.4, 0.5) is 0 Å². The Morgan fingerprint density at radius 2 is 2.04 bits per heavy atom. The van der Waals surface area contributed by atoms with Crippen LogP contribution in [-0.2, 0) is 9.53 Å². The molecular formula is C20H28O3. The van der Waals surface area contributed by atoms with Gasteiger partial charge in [-0.3, -0.25) is 0 Å². The third-order valence-electron chi connectivity index (χ3n) is 4.28. The fraction of sp³-hybridized carbons (Fsp3) is 0.550. The van der Waals surface area contributed by atoms with Crippen LogP contribution in [0, 0.1) is 0 Å². The Kier molecular flexibility index (Phi) is 7.18. The number of rotatable bonds is 8. The Hall–Kier alpha value is -1.77. The quantitative estimate of drug-likeness (QED) is 0.380. The van der Waals surface area contributed by atoms with E-state index in [0.29, 0.717) is 12.5 Å². The molecule has 1 fully saturated rings. The van der Waals surface area contributed by atoms with Crippen LogP contribution in [0.2, 0.25) is 0 Å². The van der Waals surface area contributed by atoms with Gasteiger partial charge in [-0.15, -0.1) is 0 Å². The first-order valence-electron chi connectivity index (χ1n) is 8.86. The van der Waals surface area contributed by atoms with Crippen molar-refractivity contribution in [2.24, 2.45) is 0 Å². The van der Waals surface area contributed by atoms with Crippen molar-refractivity contribution in [1.29, 1.82) is 0 Å². The summed E-state index contributed by atoms with van der Waals surface area (Å²) >= 11 is 0. The zero-order valence-corrected chi connectivity index (χ0v) is 14.3. The summed E-state index contributed by atoms with van der Waals surface area (Å²) in [5.74, 6) is 1.30. The maximum Gasteiger partial charge on any atom is 0.330 e. The molecule has 23 heavy (non-hydrogen) atoms. The van der Waals surface area contributed by atoms with E-state index >= 15 is 0 Å². The highest BCUT2D eigenvalue weighted by Gasteiger charge is 2.21. The van der Waals surface area contributed by atoms with Gasteiger partial charge in [-0.2, -0.15) is 0 Å². The van der Waals surface area contributed by atoms with E-state index in [1.54, 1.807) is 0 Å². The van der Waals surface area contributed by atoms with Crippen molar-refractivity contribution in [2.75, 3.05) is 13.2 Å². The number of ether oxygens (including phenoxy) is 2. The molecule has 1 aromatic rings. The lowest BCUT2D eigenvalue weighted by Gasteiger charge is -2.17. The zero-order valence-electron chi connectivity index (χ0n) is 14.3. The SMILES string of the molecule is CCCCOc1ccc(C=CC(=O)OCC)cc1C1CCCC1. The molecule has 0 amide bonds. The predicted octanol–water partition coefficient (Wildman–Crippen LogP) is 5.10. The molecule has 1 saturated carbocycles. The molecule has 0 radical (unpaired) electrons. The third-order valence-corrected chi connectivity index (χ3v) is 4.28. The first-order chi connectivity index (χ1) is 11.2. The smallest absolute Gasteiger partial charge is 0.330 e. The van der Waals surface area contributed by atoms with Crippen LogP contribution in [0.5, 0.6) is 5.75 Å². The molecule has 0 atom stereocenters. The molecule has 0 bridgehead atoms. The van der Waals surface area contributed by atoms with Gasteiger partial charge < -0.3 is 9.47 Å². The minimum Gasteiger partial charge on any atom is -0.493 e. The highest BCUT2D eigenvalue weighted by molar-refractivity contribution is 5.87. The van der Waals surface area contributed by atoms with Crippen molar-refractivity contribution in [2.45, 2.75) is 58.3 Å². The lowest BCUT2D eigenvalue weighted by Crippen LogP contribution is -2.03. The molecule has 1 aliphatic carbocycles. The van der Waals surface area contributed by atoms with Crippen LogP contribution < -0.4 is 4.74 Å². The summed E-state index contributed by atoms with van der Waals surface area (Å²) in [7, 11) is 0. The fourth-order valence-corrected chi connectivity index (χ4v) is 3.04. The molecule has 0 saturated heterocycles. The Balaban J connectivity index is 2.15. The van der Waals surface area contributed by atoms with Crippen molar-refractivity contribution < 1.29 is 14.3 Å². The molecule has 3 nitrogen and oxygen atoms in total. The molecule has 0 aliphatic heterocycles. The average Bonchev–Trinajstić information content (AvgIpc) is 3.08. The van der Waals surface area contributed by atoms with Gasteiger partial charge in [-0.25, -0.2) is 4.79 Å². The van der Waals surface area contributed by atoms with Crippen molar-refractivity contribution in [3.05, 3.63) is 35.4 Å². The number of esters is 1. The van der Waals surface area contributed by atoms with Gasteiger partial charge in [0.2, 0.25) is 0 Å². The molecule has 0 N–H and O–H groups in total. The van der Waals surface area contributed by atoms with Gasteiger partial charge in [-0.1, -0.05) is 32.3 Å². The van der Waals surface area contributed by atoms with Gasteiger partial charge in [0, 0.05) is 6.08 Å². The second kappa shape index (κ2) is 9.39. The van der Waals surface area contributed by atoms with Crippen LogP contribution in [0.1, 0.15) is 69.4 Å². The number of hydrogen-bond acceptors (Lipinski definition) is 3. The van der Waals surface area contributed by atoms with Crippen LogP contribution in [-0.4, -0.2) is 19.2 Å². The molecule has 0 aromatic heterocycles. The normalized spacial score (nSPS) is 15.2. The Labute approximate surface area is 139 Å². The predicted molar refractivity (Wildman–Crippen MR) is 93.7 cm³/mol. The number of carbonyl (C=O) groups is 1. The van der Waals surface area contributed by atoms with E-state index in [1.807, 2.05) is 25.1 Å². The van der Waals surface area contributed by atoms with E-state index in [2.05, 4.69) is 13.0 Å². The van der Waals surface area contributed by atoms with Gasteiger partial charge in [0.05, 0.1) is 13.2 Å². The molecular weight excluding hydrogens is 288 g/mol.